The zero-order valence-corrected chi connectivity index (χ0v) is 20.5. The molecule has 0 spiro atoms. The lowest BCUT2D eigenvalue weighted by atomic mass is 10.0. The highest BCUT2D eigenvalue weighted by Gasteiger charge is 2.36. The number of anilines is 4. The summed E-state index contributed by atoms with van der Waals surface area (Å²) in [5.74, 6) is 0.150. The first-order valence-electron chi connectivity index (χ1n) is 11.5. The van der Waals surface area contributed by atoms with Crippen molar-refractivity contribution >= 4 is 51.9 Å². The average molecular weight is 489 g/mol. The number of fused-ring (bicyclic) bond motifs is 1. The van der Waals surface area contributed by atoms with Crippen LogP contribution in [0.25, 0.3) is 0 Å². The number of benzene rings is 3. The first-order chi connectivity index (χ1) is 16.9. The van der Waals surface area contributed by atoms with Gasteiger partial charge in [-0.05, 0) is 79.7 Å². The van der Waals surface area contributed by atoms with Crippen molar-refractivity contribution in [2.45, 2.75) is 32.7 Å². The van der Waals surface area contributed by atoms with Crippen LogP contribution >= 0.6 is 12.2 Å². The molecule has 0 bridgehead atoms. The number of amides is 2. The molecular weight excluding hydrogens is 460 g/mol. The van der Waals surface area contributed by atoms with Gasteiger partial charge in [0.2, 0.25) is 11.8 Å². The maximum Gasteiger partial charge on any atom is 0.248 e. The molecule has 180 valence electrons. The topological polar surface area (TPSA) is 82.7 Å². The lowest BCUT2D eigenvalue weighted by Gasteiger charge is -2.37. The number of carbonyl (C=O) groups is 2. The highest BCUT2D eigenvalue weighted by molar-refractivity contribution is 7.80. The summed E-state index contributed by atoms with van der Waals surface area (Å²) >= 11 is 5.73. The maximum absolute atomic E-state index is 13.1. The Hall–Kier alpha value is -3.91. The molecular formula is C27H28N4O3S. The number of nitrogens with one attached hydrogen (secondary N) is 3. The number of hydrogen-bond donors (Lipinski definition) is 3. The molecule has 1 aliphatic heterocycles. The molecule has 7 nitrogen and oxygen atoms in total. The molecule has 0 radical (unpaired) electrons. The second-order valence-electron chi connectivity index (χ2n) is 8.32. The average Bonchev–Trinajstić information content (AvgIpc) is 2.84. The van der Waals surface area contributed by atoms with Gasteiger partial charge in [-0.3, -0.25) is 9.59 Å². The van der Waals surface area contributed by atoms with Crippen LogP contribution < -0.4 is 25.6 Å². The molecule has 8 heteroatoms. The van der Waals surface area contributed by atoms with E-state index in [0.29, 0.717) is 23.1 Å². The van der Waals surface area contributed by atoms with Gasteiger partial charge >= 0.3 is 0 Å². The third kappa shape index (κ3) is 5.96. The van der Waals surface area contributed by atoms with E-state index in [4.69, 9.17) is 17.0 Å². The Morgan fingerprint density at radius 3 is 2.54 bits per heavy atom. The maximum atomic E-state index is 13.1. The first-order valence-corrected chi connectivity index (χ1v) is 11.9. The molecule has 1 atom stereocenters. The van der Waals surface area contributed by atoms with Gasteiger partial charge in [-0.15, -0.1) is 0 Å². The predicted octanol–water partition coefficient (Wildman–Crippen LogP) is 5.34. The lowest BCUT2D eigenvalue weighted by Crippen LogP contribution is -2.53. The Morgan fingerprint density at radius 1 is 1.03 bits per heavy atom. The number of rotatable bonds is 7. The first kappa shape index (κ1) is 24.2. The Balaban J connectivity index is 1.52. The summed E-state index contributed by atoms with van der Waals surface area (Å²) in [6.07, 6.45) is 0.839. The minimum Gasteiger partial charge on any atom is -0.494 e. The lowest BCUT2D eigenvalue weighted by molar-refractivity contribution is -0.122. The van der Waals surface area contributed by atoms with Gasteiger partial charge in [0, 0.05) is 11.4 Å². The quantitative estimate of drug-likeness (QED) is 0.390. The van der Waals surface area contributed by atoms with E-state index in [2.05, 4.69) is 16.0 Å². The summed E-state index contributed by atoms with van der Waals surface area (Å²) in [7, 11) is 0. The van der Waals surface area contributed by atoms with E-state index in [1.165, 1.54) is 0 Å². The van der Waals surface area contributed by atoms with Gasteiger partial charge in [-0.1, -0.05) is 31.2 Å². The fraction of sp³-hybridized carbons (Fsp3) is 0.222. The zero-order chi connectivity index (χ0) is 24.8. The van der Waals surface area contributed by atoms with Crippen molar-refractivity contribution < 1.29 is 14.3 Å². The molecule has 1 aliphatic rings. The van der Waals surface area contributed by atoms with Crippen LogP contribution in [-0.4, -0.2) is 29.6 Å². The van der Waals surface area contributed by atoms with Gasteiger partial charge in [0.1, 0.15) is 11.8 Å². The molecule has 1 heterocycles. The van der Waals surface area contributed by atoms with E-state index in [-0.39, 0.29) is 18.2 Å². The normalized spacial score (nSPS) is 14.5. The van der Waals surface area contributed by atoms with Crippen LogP contribution in [0.2, 0.25) is 0 Å². The zero-order valence-electron chi connectivity index (χ0n) is 19.7. The van der Waals surface area contributed by atoms with E-state index in [1.54, 1.807) is 17.0 Å². The number of thiocarbonyl (C=S) groups is 1. The molecule has 0 saturated heterocycles. The number of aryl methyl sites for hydroxylation is 1. The number of hydrogen-bond acceptors (Lipinski definition) is 4. The van der Waals surface area contributed by atoms with Gasteiger partial charge in [0.25, 0.3) is 0 Å². The summed E-state index contributed by atoms with van der Waals surface area (Å²) in [5, 5.41) is 9.33. The molecule has 3 N–H and O–H groups in total. The van der Waals surface area contributed by atoms with Gasteiger partial charge in [-0.25, -0.2) is 0 Å². The van der Waals surface area contributed by atoms with Gasteiger partial charge in [-0.2, -0.15) is 0 Å². The summed E-state index contributed by atoms with van der Waals surface area (Å²) in [6.45, 7) is 4.67. The van der Waals surface area contributed by atoms with Crippen molar-refractivity contribution in [2.75, 3.05) is 27.5 Å². The molecule has 3 aromatic carbocycles. The fourth-order valence-corrected chi connectivity index (χ4v) is 4.22. The van der Waals surface area contributed by atoms with Crippen LogP contribution in [0.4, 0.5) is 22.7 Å². The van der Waals surface area contributed by atoms with Crippen LogP contribution in [0.3, 0.4) is 0 Å². The number of ether oxygens (including phenoxy) is 1. The van der Waals surface area contributed by atoms with Crippen molar-refractivity contribution in [1.29, 1.82) is 0 Å². The summed E-state index contributed by atoms with van der Waals surface area (Å²) in [4.78, 5) is 27.7. The largest absolute Gasteiger partial charge is 0.494 e. The third-order valence-corrected chi connectivity index (χ3v) is 5.81. The van der Waals surface area contributed by atoms with E-state index in [0.717, 1.165) is 29.1 Å². The second-order valence-corrected chi connectivity index (χ2v) is 8.70. The standard InChI is InChI=1S/C27H28N4O3S/c1-3-15-34-21-13-11-19(12-14-21)28-25(32)17-24-26(33)30-22-9-4-5-10-23(22)31(24)27(35)29-20-8-6-7-18(2)16-20/h4-14,16,24H,3,15,17H2,1-2H3,(H,28,32)(H,29,35)(H,30,33)/t24-/m0/s1. The number of para-hydroxylation sites is 2. The van der Waals surface area contributed by atoms with E-state index in [1.807, 2.05) is 74.5 Å². The molecule has 3 aromatic rings. The van der Waals surface area contributed by atoms with Crippen molar-refractivity contribution in [2.24, 2.45) is 0 Å². The number of nitrogens with zero attached hydrogens (tertiary/aromatic N) is 1. The van der Waals surface area contributed by atoms with Crippen molar-refractivity contribution in [1.82, 2.24) is 0 Å². The van der Waals surface area contributed by atoms with Crippen molar-refractivity contribution in [3.8, 4) is 5.75 Å². The highest BCUT2D eigenvalue weighted by atomic mass is 32.1. The summed E-state index contributed by atoms with van der Waals surface area (Å²) in [5.41, 5.74) is 3.89. The Labute approximate surface area is 210 Å². The van der Waals surface area contributed by atoms with E-state index < -0.39 is 6.04 Å². The highest BCUT2D eigenvalue weighted by Crippen LogP contribution is 2.33. The molecule has 0 unspecified atom stereocenters. The predicted molar refractivity (Wildman–Crippen MR) is 144 cm³/mol. The molecule has 4 rings (SSSR count). The van der Waals surface area contributed by atoms with Crippen LogP contribution in [0.1, 0.15) is 25.3 Å². The Kier molecular flexibility index (Phi) is 7.62. The smallest absolute Gasteiger partial charge is 0.248 e. The van der Waals surface area contributed by atoms with Crippen LogP contribution in [0, 0.1) is 6.92 Å². The Bertz CT molecular complexity index is 1230. The van der Waals surface area contributed by atoms with Crippen molar-refractivity contribution in [3.63, 3.8) is 0 Å². The SMILES string of the molecule is CCCOc1ccc(NC(=O)C[C@H]2C(=O)Nc3ccccc3N2C(=S)Nc2cccc(C)c2)cc1. The minimum atomic E-state index is -0.818. The van der Waals surface area contributed by atoms with E-state index in [9.17, 15) is 9.59 Å². The molecule has 0 saturated carbocycles. The fourth-order valence-electron chi connectivity index (χ4n) is 3.87. The van der Waals surface area contributed by atoms with Crippen LogP contribution in [0.15, 0.2) is 72.8 Å². The van der Waals surface area contributed by atoms with Crippen LogP contribution in [-0.2, 0) is 9.59 Å². The third-order valence-electron chi connectivity index (χ3n) is 5.51. The van der Waals surface area contributed by atoms with Crippen molar-refractivity contribution in [3.05, 3.63) is 78.4 Å². The molecule has 0 aromatic heterocycles. The minimum absolute atomic E-state index is 0.0795. The molecule has 2 amide bonds. The van der Waals surface area contributed by atoms with Crippen LogP contribution in [0.5, 0.6) is 5.75 Å². The van der Waals surface area contributed by atoms with Gasteiger partial charge in [0.15, 0.2) is 5.11 Å². The van der Waals surface area contributed by atoms with Gasteiger partial charge < -0.3 is 25.6 Å². The molecule has 0 fully saturated rings. The van der Waals surface area contributed by atoms with Gasteiger partial charge in [0.05, 0.1) is 24.4 Å². The number of carbonyl (C=O) groups excluding carboxylic acids is 2. The second kappa shape index (κ2) is 11.0. The van der Waals surface area contributed by atoms with E-state index >= 15 is 0 Å². The molecule has 35 heavy (non-hydrogen) atoms. The summed E-state index contributed by atoms with van der Waals surface area (Å²) < 4.78 is 5.59. The summed E-state index contributed by atoms with van der Waals surface area (Å²) in [6, 6.07) is 21.6. The molecule has 0 aliphatic carbocycles. The monoisotopic (exact) mass is 488 g/mol. The Morgan fingerprint density at radius 2 is 1.80 bits per heavy atom.